The number of carbonyl (C=O) groups excluding carboxylic acids is 1. The van der Waals surface area contributed by atoms with Gasteiger partial charge in [0.1, 0.15) is 11.2 Å². The second kappa shape index (κ2) is 9.48. The third-order valence-corrected chi connectivity index (χ3v) is 5.57. The van der Waals surface area contributed by atoms with Crippen molar-refractivity contribution in [3.05, 3.63) is 131 Å². The Balaban J connectivity index is 1.97. The van der Waals surface area contributed by atoms with Crippen molar-refractivity contribution in [2.24, 2.45) is 0 Å². The summed E-state index contributed by atoms with van der Waals surface area (Å²) in [5, 5.41) is 0. The third-order valence-electron chi connectivity index (χ3n) is 5.57. The van der Waals surface area contributed by atoms with Crippen LogP contribution in [0.25, 0.3) is 6.08 Å². The Kier molecular flexibility index (Phi) is 6.31. The van der Waals surface area contributed by atoms with Crippen molar-refractivity contribution < 1.29 is 9.53 Å². The van der Waals surface area contributed by atoms with Crippen LogP contribution in [0.15, 0.2) is 97.1 Å². The number of aromatic nitrogens is 2. The lowest BCUT2D eigenvalue weighted by Gasteiger charge is -2.34. The predicted molar refractivity (Wildman–Crippen MR) is 127 cm³/mol. The zero-order valence-corrected chi connectivity index (χ0v) is 18.3. The van der Waals surface area contributed by atoms with E-state index in [1.165, 1.54) is 6.08 Å². The molecule has 0 saturated heterocycles. The molecule has 0 aliphatic rings. The van der Waals surface area contributed by atoms with Crippen molar-refractivity contribution >= 4 is 12.0 Å². The molecule has 32 heavy (non-hydrogen) atoms. The molecule has 1 N–H and O–H groups in total. The second-order valence-electron chi connectivity index (χ2n) is 7.52. The second-order valence-corrected chi connectivity index (χ2v) is 7.52. The Morgan fingerprint density at radius 3 is 1.78 bits per heavy atom. The van der Waals surface area contributed by atoms with Gasteiger partial charge in [0, 0.05) is 6.08 Å². The minimum absolute atomic E-state index is 0.343. The quantitative estimate of drug-likeness (QED) is 0.237. The number of rotatable bonds is 7. The van der Waals surface area contributed by atoms with Gasteiger partial charge in [-0.2, -0.15) is 0 Å². The van der Waals surface area contributed by atoms with Gasteiger partial charge in [-0.05, 0) is 36.6 Å². The summed E-state index contributed by atoms with van der Waals surface area (Å²) in [6.45, 7) is 4.07. The van der Waals surface area contributed by atoms with Crippen molar-refractivity contribution in [3.63, 3.8) is 0 Å². The molecular weight excluding hydrogens is 396 g/mol. The van der Waals surface area contributed by atoms with Gasteiger partial charge in [0.05, 0.1) is 18.0 Å². The molecule has 4 rings (SSSR count). The van der Waals surface area contributed by atoms with E-state index in [1.807, 2.05) is 61.5 Å². The lowest BCUT2D eigenvalue weighted by molar-refractivity contribution is -0.137. The minimum atomic E-state index is -0.648. The van der Waals surface area contributed by atoms with Crippen LogP contribution in [0.5, 0.6) is 0 Å². The molecule has 0 amide bonds. The monoisotopic (exact) mass is 422 g/mol. The van der Waals surface area contributed by atoms with Crippen LogP contribution in [0.3, 0.4) is 0 Å². The summed E-state index contributed by atoms with van der Waals surface area (Å²) in [7, 11) is 0. The van der Waals surface area contributed by atoms with Gasteiger partial charge in [0.15, 0.2) is 0 Å². The number of nitrogens with one attached hydrogen (secondary N) is 1. The number of H-pyrrole nitrogens is 1. The van der Waals surface area contributed by atoms with Crippen LogP contribution in [0.2, 0.25) is 0 Å². The van der Waals surface area contributed by atoms with E-state index in [1.54, 1.807) is 13.0 Å². The molecular formula is C28H26N2O2. The van der Waals surface area contributed by atoms with Gasteiger partial charge in [-0.15, -0.1) is 0 Å². The molecule has 0 aliphatic carbocycles. The highest BCUT2D eigenvalue weighted by Crippen LogP contribution is 2.43. The Bertz CT molecular complexity index is 1100. The molecule has 0 radical (unpaired) electrons. The molecule has 0 aliphatic heterocycles. The zero-order valence-electron chi connectivity index (χ0n) is 18.3. The van der Waals surface area contributed by atoms with Gasteiger partial charge in [0.2, 0.25) is 0 Å². The minimum Gasteiger partial charge on any atom is -0.463 e. The van der Waals surface area contributed by atoms with E-state index in [4.69, 9.17) is 9.72 Å². The van der Waals surface area contributed by atoms with Gasteiger partial charge in [-0.1, -0.05) is 91.0 Å². The summed E-state index contributed by atoms with van der Waals surface area (Å²) in [6, 6.07) is 31.1. The molecule has 1 heterocycles. The van der Waals surface area contributed by atoms with Crippen molar-refractivity contribution in [1.29, 1.82) is 0 Å². The van der Waals surface area contributed by atoms with Crippen LogP contribution >= 0.6 is 0 Å². The van der Waals surface area contributed by atoms with Crippen LogP contribution in [0.4, 0.5) is 0 Å². The fourth-order valence-electron chi connectivity index (χ4n) is 4.13. The lowest BCUT2D eigenvalue weighted by atomic mass is 9.69. The highest BCUT2D eigenvalue weighted by molar-refractivity contribution is 5.86. The van der Waals surface area contributed by atoms with Crippen LogP contribution in [-0.4, -0.2) is 22.5 Å². The van der Waals surface area contributed by atoms with Crippen LogP contribution < -0.4 is 0 Å². The smallest absolute Gasteiger partial charge is 0.330 e. The first-order chi connectivity index (χ1) is 15.7. The van der Waals surface area contributed by atoms with Gasteiger partial charge in [-0.25, -0.2) is 9.78 Å². The molecule has 1 aromatic heterocycles. The summed E-state index contributed by atoms with van der Waals surface area (Å²) >= 11 is 0. The number of imidazole rings is 1. The van der Waals surface area contributed by atoms with E-state index in [0.717, 1.165) is 33.9 Å². The summed E-state index contributed by atoms with van der Waals surface area (Å²) in [4.78, 5) is 20.3. The first-order valence-corrected chi connectivity index (χ1v) is 10.7. The van der Waals surface area contributed by atoms with Gasteiger partial charge in [0.25, 0.3) is 0 Å². The van der Waals surface area contributed by atoms with E-state index >= 15 is 0 Å². The molecule has 160 valence electrons. The number of carbonyl (C=O) groups is 1. The van der Waals surface area contributed by atoms with Crippen molar-refractivity contribution in [2.75, 3.05) is 6.61 Å². The standard InChI is InChI=1S/C28H26N2O2/c1-3-32-26(31)20-19-25-21(2)29-27(30-25)28(22-13-7-4-8-14-22,23-15-9-5-10-16-23)24-17-11-6-12-18-24/h4-20H,3H2,1-2H3,(H,29,30). The summed E-state index contributed by atoms with van der Waals surface area (Å²) in [5.41, 5.74) is 4.25. The predicted octanol–water partition coefficient (Wildman–Crippen LogP) is 5.68. The maximum absolute atomic E-state index is 11.9. The topological polar surface area (TPSA) is 55.0 Å². The van der Waals surface area contributed by atoms with E-state index in [0.29, 0.717) is 6.61 Å². The summed E-state index contributed by atoms with van der Waals surface area (Å²) < 4.78 is 5.03. The number of benzene rings is 3. The first-order valence-electron chi connectivity index (χ1n) is 10.7. The molecule has 0 atom stereocenters. The molecule has 4 aromatic rings. The SMILES string of the molecule is CCOC(=O)C=Cc1[nH]c(C(c2ccccc2)(c2ccccc2)c2ccccc2)nc1C. The van der Waals surface area contributed by atoms with Gasteiger partial charge >= 0.3 is 5.97 Å². The molecule has 4 heteroatoms. The number of aryl methyl sites for hydroxylation is 1. The number of esters is 1. The lowest BCUT2D eigenvalue weighted by Crippen LogP contribution is -2.32. The van der Waals surface area contributed by atoms with Crippen LogP contribution in [0.1, 0.15) is 40.8 Å². The average Bonchev–Trinajstić information content (AvgIpc) is 3.21. The highest BCUT2D eigenvalue weighted by Gasteiger charge is 2.41. The van der Waals surface area contributed by atoms with E-state index < -0.39 is 5.41 Å². The zero-order chi connectivity index (χ0) is 22.4. The highest BCUT2D eigenvalue weighted by atomic mass is 16.5. The number of hydrogen-bond acceptors (Lipinski definition) is 3. The number of aromatic amines is 1. The molecule has 0 spiro atoms. The Labute approximate surface area is 188 Å². The molecule has 3 aromatic carbocycles. The first kappa shape index (κ1) is 21.3. The Hall–Kier alpha value is -3.92. The van der Waals surface area contributed by atoms with Gasteiger partial charge < -0.3 is 9.72 Å². The van der Waals surface area contributed by atoms with Crippen molar-refractivity contribution in [3.8, 4) is 0 Å². The van der Waals surface area contributed by atoms with Crippen LogP contribution in [0, 0.1) is 6.92 Å². The number of hydrogen-bond donors (Lipinski definition) is 1. The third kappa shape index (κ3) is 4.00. The van der Waals surface area contributed by atoms with E-state index in [-0.39, 0.29) is 5.97 Å². The molecule has 0 bridgehead atoms. The number of ether oxygens (including phenoxy) is 1. The summed E-state index contributed by atoms with van der Waals surface area (Å²) in [6.07, 6.45) is 3.17. The fraction of sp³-hybridized carbons (Fsp3) is 0.143. The van der Waals surface area contributed by atoms with Gasteiger partial charge in [-0.3, -0.25) is 0 Å². The molecule has 4 nitrogen and oxygen atoms in total. The fourth-order valence-corrected chi connectivity index (χ4v) is 4.13. The Morgan fingerprint density at radius 2 is 1.34 bits per heavy atom. The van der Waals surface area contributed by atoms with Crippen molar-refractivity contribution in [2.45, 2.75) is 19.3 Å². The Morgan fingerprint density at radius 1 is 0.875 bits per heavy atom. The summed E-state index contributed by atoms with van der Waals surface area (Å²) in [5.74, 6) is 0.422. The largest absolute Gasteiger partial charge is 0.463 e. The van der Waals surface area contributed by atoms with E-state index in [2.05, 4.69) is 41.4 Å². The van der Waals surface area contributed by atoms with E-state index in [9.17, 15) is 4.79 Å². The maximum Gasteiger partial charge on any atom is 0.330 e. The molecule has 0 unspecified atom stereocenters. The number of nitrogens with zero attached hydrogens (tertiary/aromatic N) is 1. The van der Waals surface area contributed by atoms with Crippen molar-refractivity contribution in [1.82, 2.24) is 9.97 Å². The normalized spacial score (nSPS) is 11.6. The molecule has 0 saturated carbocycles. The maximum atomic E-state index is 11.9. The average molecular weight is 423 g/mol. The molecule has 0 fully saturated rings. The van der Waals surface area contributed by atoms with Crippen LogP contribution in [-0.2, 0) is 14.9 Å².